The van der Waals surface area contributed by atoms with Gasteiger partial charge in [-0.2, -0.15) is 4.37 Å². The number of aryl methyl sites for hydroxylation is 2. The monoisotopic (exact) mass is 396 g/mol. The maximum Gasteiger partial charge on any atom is 0.228 e. The van der Waals surface area contributed by atoms with Gasteiger partial charge < -0.3 is 9.64 Å². The molecule has 7 heteroatoms. The zero-order chi connectivity index (χ0) is 17.0. The van der Waals surface area contributed by atoms with Crippen molar-refractivity contribution in [1.82, 2.24) is 14.3 Å². The quantitative estimate of drug-likeness (QED) is 0.525. The topological polar surface area (TPSA) is 50.6 Å². The largest absolute Gasteiger partial charge is 0.468 e. The summed E-state index contributed by atoms with van der Waals surface area (Å²) in [6, 6.07) is 3.97. The summed E-state index contributed by atoms with van der Waals surface area (Å²) in [5.41, 5.74) is 2.66. The van der Waals surface area contributed by atoms with Gasteiger partial charge in [0, 0.05) is 13.6 Å². The molecule has 124 valence electrons. The Morgan fingerprint density at radius 2 is 2.17 bits per heavy atom. The molecule has 0 amide bonds. The minimum Gasteiger partial charge on any atom is -0.468 e. The van der Waals surface area contributed by atoms with Crippen LogP contribution in [0, 0.1) is 13.8 Å². The summed E-state index contributed by atoms with van der Waals surface area (Å²) in [5, 5.41) is 0. The van der Waals surface area contributed by atoms with Gasteiger partial charge in [0.1, 0.15) is 6.10 Å². The molecule has 0 saturated heterocycles. The SMILES string of the molecule is CCN(C)C=Nc1cc(Br)c(OC(C)c2cc(C)ns2)nc1C. The Morgan fingerprint density at radius 3 is 2.78 bits per heavy atom. The highest BCUT2D eigenvalue weighted by molar-refractivity contribution is 9.10. The highest BCUT2D eigenvalue weighted by atomic mass is 79.9. The molecule has 0 aliphatic rings. The molecule has 5 nitrogen and oxygen atoms in total. The highest BCUT2D eigenvalue weighted by Gasteiger charge is 2.15. The van der Waals surface area contributed by atoms with Gasteiger partial charge in [-0.05, 0) is 67.3 Å². The van der Waals surface area contributed by atoms with Crippen LogP contribution in [0.4, 0.5) is 5.69 Å². The molecule has 0 fully saturated rings. The van der Waals surface area contributed by atoms with E-state index in [4.69, 9.17) is 4.74 Å². The van der Waals surface area contributed by atoms with Crippen LogP contribution in [0.1, 0.15) is 36.2 Å². The first-order valence-corrected chi connectivity index (χ1v) is 8.98. The minimum absolute atomic E-state index is 0.0926. The van der Waals surface area contributed by atoms with E-state index in [2.05, 4.69) is 37.2 Å². The second-order valence-corrected chi connectivity index (χ2v) is 7.02. The average molecular weight is 397 g/mol. The zero-order valence-electron chi connectivity index (χ0n) is 14.0. The lowest BCUT2D eigenvalue weighted by Crippen LogP contribution is -2.14. The van der Waals surface area contributed by atoms with Crippen LogP contribution in [-0.2, 0) is 0 Å². The molecule has 0 saturated carbocycles. The predicted molar refractivity (Wildman–Crippen MR) is 99.0 cm³/mol. The summed E-state index contributed by atoms with van der Waals surface area (Å²) in [7, 11) is 1.98. The number of halogens is 1. The van der Waals surface area contributed by atoms with E-state index in [1.807, 2.05) is 44.9 Å². The lowest BCUT2D eigenvalue weighted by Gasteiger charge is -2.14. The third-order valence-electron chi connectivity index (χ3n) is 3.34. The second kappa shape index (κ2) is 7.88. The highest BCUT2D eigenvalue weighted by Crippen LogP contribution is 2.33. The number of ether oxygens (including phenoxy) is 1. The number of aromatic nitrogens is 2. The Labute approximate surface area is 149 Å². The first kappa shape index (κ1) is 17.9. The van der Waals surface area contributed by atoms with Crippen LogP contribution in [0.15, 0.2) is 21.6 Å². The van der Waals surface area contributed by atoms with E-state index < -0.39 is 0 Å². The van der Waals surface area contributed by atoms with Gasteiger partial charge in [0.2, 0.25) is 5.88 Å². The summed E-state index contributed by atoms with van der Waals surface area (Å²) in [4.78, 5) is 12.1. The second-order valence-electron chi connectivity index (χ2n) is 5.33. The number of nitrogens with zero attached hydrogens (tertiary/aromatic N) is 4. The predicted octanol–water partition coefficient (Wildman–Crippen LogP) is 4.67. The van der Waals surface area contributed by atoms with Gasteiger partial charge in [0.15, 0.2) is 0 Å². The summed E-state index contributed by atoms with van der Waals surface area (Å²) in [6.45, 7) is 8.89. The summed E-state index contributed by atoms with van der Waals surface area (Å²) < 4.78 is 11.1. The van der Waals surface area contributed by atoms with Crippen LogP contribution in [0.2, 0.25) is 0 Å². The van der Waals surface area contributed by atoms with Crippen molar-refractivity contribution in [2.75, 3.05) is 13.6 Å². The molecule has 2 aromatic heterocycles. The van der Waals surface area contributed by atoms with E-state index in [-0.39, 0.29) is 6.10 Å². The third kappa shape index (κ3) is 4.75. The molecule has 0 aromatic carbocycles. The first-order chi connectivity index (χ1) is 10.9. The van der Waals surface area contributed by atoms with Crippen molar-refractivity contribution in [3.05, 3.63) is 32.9 Å². The van der Waals surface area contributed by atoms with Gasteiger partial charge in [-0.25, -0.2) is 9.98 Å². The normalized spacial score (nSPS) is 12.6. The molecule has 23 heavy (non-hydrogen) atoms. The van der Waals surface area contributed by atoms with E-state index >= 15 is 0 Å². The van der Waals surface area contributed by atoms with Crippen molar-refractivity contribution in [1.29, 1.82) is 0 Å². The Morgan fingerprint density at radius 1 is 1.43 bits per heavy atom. The minimum atomic E-state index is -0.0926. The number of aliphatic imine (C=N–C) groups is 1. The number of pyridine rings is 1. The van der Waals surface area contributed by atoms with Crippen LogP contribution < -0.4 is 4.74 Å². The van der Waals surface area contributed by atoms with E-state index in [0.29, 0.717) is 5.88 Å². The van der Waals surface area contributed by atoms with Crippen molar-refractivity contribution >= 4 is 39.5 Å². The molecule has 2 rings (SSSR count). The molecule has 0 N–H and O–H groups in total. The fourth-order valence-corrected chi connectivity index (χ4v) is 2.93. The fourth-order valence-electron chi connectivity index (χ4n) is 1.81. The Hall–Kier alpha value is -1.47. The Bertz CT molecular complexity index is 701. The van der Waals surface area contributed by atoms with Crippen molar-refractivity contribution in [2.24, 2.45) is 4.99 Å². The standard InChI is InChI=1S/C16H21BrN4OS/c1-6-21(5)9-18-14-8-13(17)16(19-11(14)3)22-12(4)15-7-10(2)20-23-15/h7-9,12H,6H2,1-5H3. The number of hydrogen-bond acceptors (Lipinski definition) is 5. The zero-order valence-corrected chi connectivity index (χ0v) is 16.4. The smallest absolute Gasteiger partial charge is 0.228 e. The van der Waals surface area contributed by atoms with E-state index in [1.54, 1.807) is 6.34 Å². The van der Waals surface area contributed by atoms with Crippen molar-refractivity contribution in [3.8, 4) is 5.88 Å². The van der Waals surface area contributed by atoms with Crippen molar-refractivity contribution < 1.29 is 4.74 Å². The van der Waals surface area contributed by atoms with Gasteiger partial charge in [-0.1, -0.05) is 0 Å². The van der Waals surface area contributed by atoms with Gasteiger partial charge >= 0.3 is 0 Å². The third-order valence-corrected chi connectivity index (χ3v) is 4.94. The van der Waals surface area contributed by atoms with E-state index in [9.17, 15) is 0 Å². The molecule has 0 bridgehead atoms. The maximum atomic E-state index is 5.98. The van der Waals surface area contributed by atoms with Crippen LogP contribution in [0.5, 0.6) is 5.88 Å². The van der Waals surface area contributed by atoms with Gasteiger partial charge in [-0.15, -0.1) is 0 Å². The van der Waals surface area contributed by atoms with Crippen LogP contribution in [0.3, 0.4) is 0 Å². The Balaban J connectivity index is 2.18. The van der Waals surface area contributed by atoms with Crippen LogP contribution >= 0.6 is 27.5 Å². The summed E-state index contributed by atoms with van der Waals surface area (Å²) in [6.07, 6.45) is 1.71. The van der Waals surface area contributed by atoms with Gasteiger partial charge in [0.05, 0.1) is 32.8 Å². The van der Waals surface area contributed by atoms with Crippen molar-refractivity contribution in [3.63, 3.8) is 0 Å². The molecule has 0 aliphatic heterocycles. The average Bonchev–Trinajstić information content (AvgIpc) is 2.95. The molecule has 2 heterocycles. The summed E-state index contributed by atoms with van der Waals surface area (Å²) in [5.74, 6) is 0.573. The molecular weight excluding hydrogens is 376 g/mol. The maximum absolute atomic E-state index is 5.98. The molecule has 1 atom stereocenters. The Kier molecular flexibility index (Phi) is 6.12. The molecule has 1 unspecified atom stereocenters. The van der Waals surface area contributed by atoms with Crippen molar-refractivity contribution in [2.45, 2.75) is 33.8 Å². The van der Waals surface area contributed by atoms with E-state index in [0.717, 1.165) is 33.0 Å². The van der Waals surface area contributed by atoms with Gasteiger partial charge in [-0.3, -0.25) is 0 Å². The molecular formula is C16H21BrN4OS. The number of rotatable bonds is 6. The molecule has 2 aromatic rings. The van der Waals surface area contributed by atoms with E-state index in [1.165, 1.54) is 11.5 Å². The lowest BCUT2D eigenvalue weighted by molar-refractivity contribution is 0.219. The van der Waals surface area contributed by atoms with Crippen LogP contribution in [-0.4, -0.2) is 34.2 Å². The number of hydrogen-bond donors (Lipinski definition) is 0. The molecule has 0 aliphatic carbocycles. The van der Waals surface area contributed by atoms with Gasteiger partial charge in [0.25, 0.3) is 0 Å². The molecule has 0 radical (unpaired) electrons. The van der Waals surface area contributed by atoms with Crippen LogP contribution in [0.25, 0.3) is 0 Å². The lowest BCUT2D eigenvalue weighted by atomic mass is 10.3. The first-order valence-electron chi connectivity index (χ1n) is 7.42. The molecule has 0 spiro atoms. The summed E-state index contributed by atoms with van der Waals surface area (Å²) >= 11 is 4.98. The fraction of sp³-hybridized carbons (Fsp3) is 0.438.